The lowest BCUT2D eigenvalue weighted by Crippen LogP contribution is -2.38. The average molecular weight is 301 g/mol. The first kappa shape index (κ1) is 19.9. The predicted octanol–water partition coefficient (Wildman–Crippen LogP) is 1.07. The third-order valence-corrected chi connectivity index (χ3v) is 2.81. The summed E-state index contributed by atoms with van der Waals surface area (Å²) in [5, 5.41) is 2.89. The minimum absolute atomic E-state index is 0.0678. The second kappa shape index (κ2) is 10.6. The number of amides is 1. The van der Waals surface area contributed by atoms with Crippen molar-refractivity contribution in [1.29, 1.82) is 0 Å². The van der Waals surface area contributed by atoms with Crippen LogP contribution < -0.4 is 16.8 Å². The Hall–Kier alpha value is -1.14. The summed E-state index contributed by atoms with van der Waals surface area (Å²) in [5.41, 5.74) is 10.3. The van der Waals surface area contributed by atoms with Crippen LogP contribution in [-0.2, 0) is 14.3 Å². The number of nitrogens with one attached hydrogen (secondary N) is 1. The number of rotatable bonds is 10. The van der Waals surface area contributed by atoms with Gasteiger partial charge in [-0.3, -0.25) is 9.59 Å². The van der Waals surface area contributed by atoms with Crippen LogP contribution in [0.3, 0.4) is 0 Å². The monoisotopic (exact) mass is 301 g/mol. The summed E-state index contributed by atoms with van der Waals surface area (Å²) in [6, 6.07) is -0.198. The molecule has 1 unspecified atom stereocenters. The van der Waals surface area contributed by atoms with Crippen molar-refractivity contribution in [2.45, 2.75) is 70.9 Å². The molecule has 0 aromatic carbocycles. The van der Waals surface area contributed by atoms with Gasteiger partial charge in [0.05, 0.1) is 6.42 Å². The molecular weight excluding hydrogens is 270 g/mol. The molecule has 0 heterocycles. The van der Waals surface area contributed by atoms with Gasteiger partial charge in [0.1, 0.15) is 5.60 Å². The van der Waals surface area contributed by atoms with Crippen molar-refractivity contribution in [1.82, 2.24) is 5.32 Å². The van der Waals surface area contributed by atoms with Crippen LogP contribution in [0.15, 0.2) is 0 Å². The molecular formula is C15H31N3O3. The van der Waals surface area contributed by atoms with Gasteiger partial charge in [-0.25, -0.2) is 0 Å². The topological polar surface area (TPSA) is 107 Å². The molecule has 0 aromatic heterocycles. The van der Waals surface area contributed by atoms with Crippen molar-refractivity contribution in [3.8, 4) is 0 Å². The van der Waals surface area contributed by atoms with Gasteiger partial charge in [0.2, 0.25) is 5.91 Å². The van der Waals surface area contributed by atoms with E-state index in [9.17, 15) is 9.59 Å². The molecule has 6 heteroatoms. The van der Waals surface area contributed by atoms with E-state index in [0.29, 0.717) is 25.9 Å². The van der Waals surface area contributed by atoms with E-state index in [-0.39, 0.29) is 24.3 Å². The Morgan fingerprint density at radius 1 is 1.10 bits per heavy atom. The second-order valence-electron chi connectivity index (χ2n) is 6.23. The fraction of sp³-hybridized carbons (Fsp3) is 0.867. The van der Waals surface area contributed by atoms with Crippen LogP contribution in [0.5, 0.6) is 0 Å². The molecule has 5 N–H and O–H groups in total. The fourth-order valence-electron chi connectivity index (χ4n) is 1.91. The minimum atomic E-state index is -0.511. The Morgan fingerprint density at radius 2 is 1.71 bits per heavy atom. The summed E-state index contributed by atoms with van der Waals surface area (Å²) >= 11 is 0. The number of ether oxygens (including phenoxy) is 1. The van der Waals surface area contributed by atoms with E-state index in [2.05, 4.69) is 5.32 Å². The van der Waals surface area contributed by atoms with E-state index >= 15 is 0 Å². The maximum Gasteiger partial charge on any atom is 0.308 e. The quantitative estimate of drug-likeness (QED) is 0.413. The van der Waals surface area contributed by atoms with Gasteiger partial charge in [0, 0.05) is 12.5 Å². The molecule has 0 spiro atoms. The highest BCUT2D eigenvalue weighted by molar-refractivity contribution is 5.77. The largest absolute Gasteiger partial charge is 0.460 e. The summed E-state index contributed by atoms with van der Waals surface area (Å²) in [6.45, 7) is 6.58. The van der Waals surface area contributed by atoms with E-state index in [0.717, 1.165) is 19.3 Å². The van der Waals surface area contributed by atoms with Crippen molar-refractivity contribution in [3.05, 3.63) is 0 Å². The van der Waals surface area contributed by atoms with Crippen molar-refractivity contribution >= 4 is 11.9 Å². The fourth-order valence-corrected chi connectivity index (χ4v) is 1.91. The number of carbonyl (C=O) groups excluding carboxylic acids is 2. The lowest BCUT2D eigenvalue weighted by Gasteiger charge is -2.23. The number of unbranched alkanes of at least 4 members (excludes halogenated alkanes) is 1. The van der Waals surface area contributed by atoms with Crippen molar-refractivity contribution in [2.24, 2.45) is 11.5 Å². The van der Waals surface area contributed by atoms with Crippen LogP contribution in [0, 0.1) is 0 Å². The Kier molecular flexibility index (Phi) is 9.99. The van der Waals surface area contributed by atoms with Crippen LogP contribution in [0.2, 0.25) is 0 Å². The van der Waals surface area contributed by atoms with E-state index in [1.165, 1.54) is 0 Å². The zero-order valence-electron chi connectivity index (χ0n) is 13.6. The van der Waals surface area contributed by atoms with Crippen LogP contribution in [0.25, 0.3) is 0 Å². The first-order valence-electron chi connectivity index (χ1n) is 7.70. The molecule has 0 aliphatic rings. The maximum atomic E-state index is 11.9. The highest BCUT2D eigenvalue weighted by Gasteiger charge is 2.21. The molecule has 6 nitrogen and oxygen atoms in total. The van der Waals surface area contributed by atoms with Crippen LogP contribution in [-0.4, -0.2) is 36.6 Å². The molecule has 0 radical (unpaired) electrons. The van der Waals surface area contributed by atoms with Crippen molar-refractivity contribution in [3.63, 3.8) is 0 Å². The number of nitrogens with two attached hydrogens (primary N) is 2. The zero-order chi connectivity index (χ0) is 16.3. The molecule has 0 aliphatic heterocycles. The highest BCUT2D eigenvalue weighted by Crippen LogP contribution is 2.12. The zero-order valence-corrected chi connectivity index (χ0v) is 13.6. The SMILES string of the molecule is CC(C)(C)OC(=O)CC(CCCCN)NC(=O)CCCN. The molecule has 0 aliphatic carbocycles. The molecule has 1 atom stereocenters. The normalized spacial score (nSPS) is 12.8. The predicted molar refractivity (Wildman–Crippen MR) is 83.6 cm³/mol. The van der Waals surface area contributed by atoms with E-state index in [1.54, 1.807) is 0 Å². The molecule has 124 valence electrons. The summed E-state index contributed by atoms with van der Waals surface area (Å²) in [5.74, 6) is -0.360. The average Bonchev–Trinajstić information content (AvgIpc) is 2.34. The maximum absolute atomic E-state index is 11.9. The standard InChI is InChI=1S/C15H31N3O3/c1-15(2,3)21-14(20)11-12(7-4-5-9-16)18-13(19)8-6-10-17/h12H,4-11,16-17H2,1-3H3,(H,18,19). The molecule has 21 heavy (non-hydrogen) atoms. The first-order valence-corrected chi connectivity index (χ1v) is 7.70. The molecule has 0 saturated carbocycles. The van der Waals surface area contributed by atoms with Crippen molar-refractivity contribution in [2.75, 3.05) is 13.1 Å². The number of carbonyl (C=O) groups is 2. The van der Waals surface area contributed by atoms with Gasteiger partial charge < -0.3 is 21.5 Å². The Morgan fingerprint density at radius 3 is 2.24 bits per heavy atom. The molecule has 0 fully saturated rings. The van der Waals surface area contributed by atoms with Gasteiger partial charge in [-0.1, -0.05) is 6.42 Å². The van der Waals surface area contributed by atoms with Crippen LogP contribution in [0.4, 0.5) is 0 Å². The van der Waals surface area contributed by atoms with Gasteiger partial charge >= 0.3 is 5.97 Å². The van der Waals surface area contributed by atoms with Crippen LogP contribution in [0.1, 0.15) is 59.3 Å². The first-order chi connectivity index (χ1) is 9.78. The lowest BCUT2D eigenvalue weighted by atomic mass is 10.1. The van der Waals surface area contributed by atoms with E-state index in [1.807, 2.05) is 20.8 Å². The van der Waals surface area contributed by atoms with E-state index < -0.39 is 5.60 Å². The van der Waals surface area contributed by atoms with Gasteiger partial charge in [-0.05, 0) is 53.1 Å². The number of esters is 1. The molecule has 0 aromatic rings. The molecule has 0 bridgehead atoms. The molecule has 0 saturated heterocycles. The van der Waals surface area contributed by atoms with Gasteiger partial charge in [0.25, 0.3) is 0 Å². The third kappa shape index (κ3) is 12.3. The third-order valence-electron chi connectivity index (χ3n) is 2.81. The van der Waals surface area contributed by atoms with Gasteiger partial charge in [-0.15, -0.1) is 0 Å². The summed E-state index contributed by atoms with van der Waals surface area (Å²) in [6.07, 6.45) is 3.71. The number of hydrogen-bond acceptors (Lipinski definition) is 5. The minimum Gasteiger partial charge on any atom is -0.460 e. The summed E-state index contributed by atoms with van der Waals surface area (Å²) in [7, 11) is 0. The Balaban J connectivity index is 4.36. The lowest BCUT2D eigenvalue weighted by molar-refractivity contribution is -0.155. The molecule has 1 amide bonds. The summed E-state index contributed by atoms with van der Waals surface area (Å²) in [4.78, 5) is 23.6. The Bertz CT molecular complexity index is 314. The highest BCUT2D eigenvalue weighted by atomic mass is 16.6. The number of hydrogen-bond donors (Lipinski definition) is 3. The summed E-state index contributed by atoms with van der Waals surface area (Å²) < 4.78 is 5.30. The van der Waals surface area contributed by atoms with Crippen molar-refractivity contribution < 1.29 is 14.3 Å². The Labute approximate surface area is 128 Å². The second-order valence-corrected chi connectivity index (χ2v) is 6.23. The smallest absolute Gasteiger partial charge is 0.308 e. The van der Waals surface area contributed by atoms with E-state index in [4.69, 9.17) is 16.2 Å². The van der Waals surface area contributed by atoms with Gasteiger partial charge in [0.15, 0.2) is 0 Å². The van der Waals surface area contributed by atoms with Crippen LogP contribution >= 0.6 is 0 Å². The van der Waals surface area contributed by atoms with Gasteiger partial charge in [-0.2, -0.15) is 0 Å². The molecule has 0 rings (SSSR count).